The maximum Gasteiger partial charge on any atom is 0.413 e. The van der Waals surface area contributed by atoms with Gasteiger partial charge in [0.25, 0.3) is 5.56 Å². The Balaban J connectivity index is 1.57. The lowest BCUT2D eigenvalue weighted by atomic mass is 10.0. The summed E-state index contributed by atoms with van der Waals surface area (Å²) in [6.45, 7) is 2.54. The molecule has 1 aromatic heterocycles. The van der Waals surface area contributed by atoms with Crippen LogP contribution in [0.2, 0.25) is 0 Å². The fraction of sp³-hybridized carbons (Fsp3) is 0.303. The minimum Gasteiger partial charge on any atom is -0.478 e. The van der Waals surface area contributed by atoms with Gasteiger partial charge in [0.05, 0.1) is 12.1 Å². The number of hydrogen-bond acceptors (Lipinski definition) is 6. The van der Waals surface area contributed by atoms with Crippen molar-refractivity contribution < 1.29 is 27.5 Å². The van der Waals surface area contributed by atoms with Gasteiger partial charge in [-0.25, -0.2) is 14.0 Å². The molecule has 2 heterocycles. The summed E-state index contributed by atoms with van der Waals surface area (Å²) >= 11 is 0. The molecule has 3 aromatic carbocycles. The SMILES string of the molecule is Cc1c(N2CCN(Cc3cccc(C(=O)O)c3)CC2)c(=O)n(CC(N)c2ccccc2)c(=O)n1C(c1ccccc1F)C(F)(F)F. The number of halogens is 4. The van der Waals surface area contributed by atoms with Crippen molar-refractivity contribution in [1.29, 1.82) is 0 Å². The highest BCUT2D eigenvalue weighted by Gasteiger charge is 2.46. The molecular weight excluding hydrogens is 606 g/mol. The molecule has 242 valence electrons. The van der Waals surface area contributed by atoms with Gasteiger partial charge >= 0.3 is 17.8 Å². The van der Waals surface area contributed by atoms with Crippen molar-refractivity contribution in [2.24, 2.45) is 5.73 Å². The largest absolute Gasteiger partial charge is 0.478 e. The first-order valence-electron chi connectivity index (χ1n) is 14.6. The quantitative estimate of drug-likeness (QED) is 0.262. The molecule has 2 atom stereocenters. The Morgan fingerprint density at radius 3 is 2.22 bits per heavy atom. The van der Waals surface area contributed by atoms with Crippen molar-refractivity contribution in [2.45, 2.75) is 38.3 Å². The van der Waals surface area contributed by atoms with Crippen molar-refractivity contribution in [3.05, 3.63) is 133 Å². The maximum absolute atomic E-state index is 14.9. The summed E-state index contributed by atoms with van der Waals surface area (Å²) in [6, 6.07) is 15.8. The maximum atomic E-state index is 14.9. The van der Waals surface area contributed by atoms with Crippen LogP contribution >= 0.6 is 0 Å². The van der Waals surface area contributed by atoms with E-state index in [-0.39, 0.29) is 30.0 Å². The normalized spacial score (nSPS) is 15.5. The summed E-state index contributed by atoms with van der Waals surface area (Å²) in [5.74, 6) is -2.19. The van der Waals surface area contributed by atoms with Crippen molar-refractivity contribution in [3.8, 4) is 0 Å². The monoisotopic (exact) mass is 639 g/mol. The van der Waals surface area contributed by atoms with Crippen molar-refractivity contribution in [2.75, 3.05) is 31.1 Å². The van der Waals surface area contributed by atoms with E-state index >= 15 is 0 Å². The van der Waals surface area contributed by atoms with Gasteiger partial charge in [-0.1, -0.05) is 60.7 Å². The van der Waals surface area contributed by atoms with Crippen LogP contribution in [0.15, 0.2) is 88.5 Å². The number of carboxylic acids is 1. The lowest BCUT2D eigenvalue weighted by molar-refractivity contribution is -0.158. The summed E-state index contributed by atoms with van der Waals surface area (Å²) in [7, 11) is 0. The Kier molecular flexibility index (Phi) is 9.44. The average molecular weight is 640 g/mol. The van der Waals surface area contributed by atoms with E-state index in [4.69, 9.17) is 5.73 Å². The lowest BCUT2D eigenvalue weighted by Crippen LogP contribution is -2.52. The van der Waals surface area contributed by atoms with Gasteiger partial charge in [0, 0.05) is 50.0 Å². The molecule has 1 saturated heterocycles. The zero-order valence-electron chi connectivity index (χ0n) is 25.0. The van der Waals surface area contributed by atoms with Crippen LogP contribution in [-0.4, -0.2) is 57.5 Å². The molecule has 3 N–H and O–H groups in total. The van der Waals surface area contributed by atoms with Gasteiger partial charge in [0.1, 0.15) is 11.5 Å². The molecule has 1 fully saturated rings. The lowest BCUT2D eigenvalue weighted by Gasteiger charge is -2.37. The van der Waals surface area contributed by atoms with Crippen LogP contribution in [0.1, 0.15) is 44.8 Å². The fourth-order valence-corrected chi connectivity index (χ4v) is 5.94. The molecule has 4 aromatic rings. The summed E-state index contributed by atoms with van der Waals surface area (Å²) in [4.78, 5) is 42.9. The smallest absolute Gasteiger partial charge is 0.413 e. The molecule has 1 aliphatic heterocycles. The van der Waals surface area contributed by atoms with Crippen LogP contribution in [0.3, 0.4) is 0 Å². The minimum absolute atomic E-state index is 0.0991. The third-order valence-electron chi connectivity index (χ3n) is 8.23. The Bertz CT molecular complexity index is 1830. The molecule has 0 amide bonds. The van der Waals surface area contributed by atoms with Gasteiger partial charge in [0.2, 0.25) is 0 Å². The van der Waals surface area contributed by atoms with Gasteiger partial charge in [-0.05, 0) is 36.2 Å². The van der Waals surface area contributed by atoms with Crippen LogP contribution in [0.4, 0.5) is 23.2 Å². The van der Waals surface area contributed by atoms with Gasteiger partial charge in [-0.3, -0.25) is 18.8 Å². The number of anilines is 1. The number of aromatic nitrogens is 2. The molecule has 13 heteroatoms. The second-order valence-electron chi connectivity index (χ2n) is 11.3. The zero-order chi connectivity index (χ0) is 33.2. The molecule has 46 heavy (non-hydrogen) atoms. The molecule has 0 bridgehead atoms. The highest BCUT2D eigenvalue weighted by Crippen LogP contribution is 2.38. The van der Waals surface area contributed by atoms with E-state index in [1.165, 1.54) is 25.1 Å². The number of nitrogens with zero attached hydrogens (tertiary/aromatic N) is 4. The second-order valence-corrected chi connectivity index (χ2v) is 11.3. The number of alkyl halides is 3. The topological polar surface area (TPSA) is 114 Å². The fourth-order valence-electron chi connectivity index (χ4n) is 5.94. The first kappa shape index (κ1) is 32.6. The standard InChI is InChI=1S/C33H33F4N5O4/c1-21-28(40-16-14-39(15-17-40)19-22-8-7-11-24(18-22)31(44)45)30(43)41(20-27(38)23-9-3-2-4-10-23)32(46)42(21)29(33(35,36)37)25-12-5-6-13-26(25)34/h2-13,18,27,29H,14-17,19-20,38H2,1H3,(H,44,45). The van der Waals surface area contributed by atoms with E-state index < -0.39 is 53.4 Å². The third kappa shape index (κ3) is 6.75. The van der Waals surface area contributed by atoms with Gasteiger partial charge in [-0.2, -0.15) is 13.2 Å². The number of rotatable bonds is 9. The van der Waals surface area contributed by atoms with E-state index in [1.54, 1.807) is 53.4 Å². The van der Waals surface area contributed by atoms with Crippen LogP contribution in [0, 0.1) is 12.7 Å². The summed E-state index contributed by atoms with van der Waals surface area (Å²) in [6.07, 6.45) is -5.10. The highest BCUT2D eigenvalue weighted by molar-refractivity contribution is 5.87. The van der Waals surface area contributed by atoms with Crippen molar-refractivity contribution >= 4 is 11.7 Å². The first-order chi connectivity index (χ1) is 21.9. The Morgan fingerprint density at radius 2 is 1.59 bits per heavy atom. The van der Waals surface area contributed by atoms with Gasteiger partial charge in [0.15, 0.2) is 6.04 Å². The molecule has 5 rings (SSSR count). The van der Waals surface area contributed by atoms with E-state index in [0.29, 0.717) is 34.3 Å². The van der Waals surface area contributed by atoms with Crippen molar-refractivity contribution in [1.82, 2.24) is 14.0 Å². The Labute approximate surface area is 261 Å². The van der Waals surface area contributed by atoms with E-state index in [1.807, 2.05) is 4.90 Å². The molecule has 2 unspecified atom stereocenters. The third-order valence-corrected chi connectivity index (χ3v) is 8.23. The van der Waals surface area contributed by atoms with Crippen LogP contribution in [0.5, 0.6) is 0 Å². The number of hydrogen-bond donors (Lipinski definition) is 2. The van der Waals surface area contributed by atoms with E-state index in [9.17, 15) is 37.1 Å². The van der Waals surface area contributed by atoms with Crippen LogP contribution < -0.4 is 21.9 Å². The molecule has 9 nitrogen and oxygen atoms in total. The molecule has 0 saturated carbocycles. The highest BCUT2D eigenvalue weighted by atomic mass is 19.4. The average Bonchev–Trinajstić information content (AvgIpc) is 3.02. The Hall–Kier alpha value is -4.75. The molecular formula is C33H33F4N5O4. The minimum atomic E-state index is -5.10. The van der Waals surface area contributed by atoms with E-state index in [2.05, 4.69) is 0 Å². The molecule has 0 radical (unpaired) electrons. The Morgan fingerprint density at radius 1 is 0.935 bits per heavy atom. The number of carbonyl (C=O) groups is 1. The summed E-state index contributed by atoms with van der Waals surface area (Å²) in [5.41, 5.74) is 4.71. The van der Waals surface area contributed by atoms with Crippen LogP contribution in [0.25, 0.3) is 0 Å². The van der Waals surface area contributed by atoms with Gasteiger partial charge < -0.3 is 15.7 Å². The second kappa shape index (κ2) is 13.3. The number of carboxylic acid groups (broad SMARTS) is 1. The van der Waals surface area contributed by atoms with Crippen molar-refractivity contribution in [3.63, 3.8) is 0 Å². The molecule has 0 spiro atoms. The molecule has 0 aliphatic carbocycles. The zero-order valence-corrected chi connectivity index (χ0v) is 25.0. The van der Waals surface area contributed by atoms with E-state index in [0.717, 1.165) is 17.7 Å². The predicted molar refractivity (Wildman–Crippen MR) is 165 cm³/mol. The summed E-state index contributed by atoms with van der Waals surface area (Å²) in [5, 5.41) is 9.31. The molecule has 1 aliphatic rings. The predicted octanol–water partition coefficient (Wildman–Crippen LogP) is 4.33. The number of benzene rings is 3. The van der Waals surface area contributed by atoms with Gasteiger partial charge in [-0.15, -0.1) is 0 Å². The summed E-state index contributed by atoms with van der Waals surface area (Å²) < 4.78 is 60.5. The first-order valence-corrected chi connectivity index (χ1v) is 14.6. The number of aromatic carboxylic acids is 1. The number of piperazine rings is 1. The van der Waals surface area contributed by atoms with Crippen LogP contribution in [-0.2, 0) is 13.1 Å². The number of nitrogens with two attached hydrogens (primary N) is 1.